The highest BCUT2D eigenvalue weighted by atomic mass is 16.5. The molecule has 0 radical (unpaired) electrons. The Bertz CT molecular complexity index is 295. The number of hydrogen-bond acceptors (Lipinski definition) is 3. The van der Waals surface area contributed by atoms with Gasteiger partial charge in [-0.2, -0.15) is 0 Å². The van der Waals surface area contributed by atoms with Gasteiger partial charge in [-0.1, -0.05) is 0 Å². The molecule has 0 saturated carbocycles. The minimum atomic E-state index is 0.594. The quantitative estimate of drug-likeness (QED) is 0.593. The highest BCUT2D eigenvalue weighted by Crippen LogP contribution is 2.13. The number of nitrogens with two attached hydrogens (primary N) is 1. The van der Waals surface area contributed by atoms with Crippen LogP contribution in [0, 0.1) is 0 Å². The standard InChI is InChI=1S/C13H22N2O/c1-11(2)15(3)9-4-10-16-13-7-5-12(14)6-8-13/h5-8,11H,4,9-10,14H2,1-3H3. The minimum absolute atomic E-state index is 0.594. The third-order valence-electron chi connectivity index (χ3n) is 2.69. The van der Waals surface area contributed by atoms with Crippen LogP contribution in [0.4, 0.5) is 5.69 Å². The van der Waals surface area contributed by atoms with Crippen LogP contribution in [0.5, 0.6) is 5.75 Å². The Morgan fingerprint density at radius 3 is 2.44 bits per heavy atom. The number of rotatable bonds is 6. The van der Waals surface area contributed by atoms with Gasteiger partial charge in [-0.15, -0.1) is 0 Å². The summed E-state index contributed by atoms with van der Waals surface area (Å²) in [5.74, 6) is 0.890. The molecule has 0 bridgehead atoms. The lowest BCUT2D eigenvalue weighted by atomic mass is 10.3. The van der Waals surface area contributed by atoms with Crippen LogP contribution < -0.4 is 10.5 Å². The molecule has 2 N–H and O–H groups in total. The highest BCUT2D eigenvalue weighted by Gasteiger charge is 2.02. The number of ether oxygens (including phenoxy) is 1. The summed E-state index contributed by atoms with van der Waals surface area (Å²) < 4.78 is 5.61. The van der Waals surface area contributed by atoms with E-state index in [0.29, 0.717) is 6.04 Å². The van der Waals surface area contributed by atoms with E-state index in [2.05, 4.69) is 25.8 Å². The molecule has 0 atom stereocenters. The Kier molecular flexibility index (Phi) is 5.12. The van der Waals surface area contributed by atoms with Crippen LogP contribution in [0.1, 0.15) is 20.3 Å². The van der Waals surface area contributed by atoms with Gasteiger partial charge in [0, 0.05) is 18.3 Å². The van der Waals surface area contributed by atoms with Crippen molar-refractivity contribution in [3.05, 3.63) is 24.3 Å². The number of nitrogens with zero attached hydrogens (tertiary/aromatic N) is 1. The summed E-state index contributed by atoms with van der Waals surface area (Å²) in [4.78, 5) is 2.31. The van der Waals surface area contributed by atoms with Gasteiger partial charge in [0.15, 0.2) is 0 Å². The zero-order valence-electron chi connectivity index (χ0n) is 10.4. The summed E-state index contributed by atoms with van der Waals surface area (Å²) in [6.45, 7) is 6.20. The molecule has 0 aliphatic heterocycles. The zero-order valence-corrected chi connectivity index (χ0v) is 10.4. The minimum Gasteiger partial charge on any atom is -0.494 e. The molecule has 0 heterocycles. The van der Waals surface area contributed by atoms with Crippen LogP contribution in [-0.4, -0.2) is 31.1 Å². The zero-order chi connectivity index (χ0) is 12.0. The van der Waals surface area contributed by atoms with Gasteiger partial charge in [-0.05, 0) is 51.6 Å². The third kappa shape index (κ3) is 4.53. The van der Waals surface area contributed by atoms with E-state index in [4.69, 9.17) is 10.5 Å². The molecule has 0 amide bonds. The Morgan fingerprint density at radius 1 is 1.25 bits per heavy atom. The molecule has 0 aromatic heterocycles. The second-order valence-electron chi connectivity index (χ2n) is 4.35. The maximum absolute atomic E-state index is 5.61. The van der Waals surface area contributed by atoms with Crippen molar-refractivity contribution < 1.29 is 4.74 Å². The molecule has 1 rings (SSSR count). The fraction of sp³-hybridized carbons (Fsp3) is 0.538. The molecule has 0 aliphatic rings. The van der Waals surface area contributed by atoms with E-state index in [1.165, 1.54) is 0 Å². The monoisotopic (exact) mass is 222 g/mol. The lowest BCUT2D eigenvalue weighted by Crippen LogP contribution is -2.28. The van der Waals surface area contributed by atoms with Crippen molar-refractivity contribution in [2.45, 2.75) is 26.3 Å². The predicted octanol–water partition coefficient (Wildman–Crippen LogP) is 2.38. The molecular formula is C13H22N2O. The van der Waals surface area contributed by atoms with Crippen molar-refractivity contribution in [3.63, 3.8) is 0 Å². The first-order valence-electron chi connectivity index (χ1n) is 5.78. The number of anilines is 1. The van der Waals surface area contributed by atoms with Gasteiger partial charge < -0.3 is 15.4 Å². The lowest BCUT2D eigenvalue weighted by molar-refractivity contribution is 0.234. The molecule has 0 saturated heterocycles. The number of hydrogen-bond donors (Lipinski definition) is 1. The van der Waals surface area contributed by atoms with Crippen molar-refractivity contribution in [2.75, 3.05) is 25.9 Å². The summed E-state index contributed by atoms with van der Waals surface area (Å²) in [6.07, 6.45) is 1.04. The second-order valence-corrected chi connectivity index (χ2v) is 4.35. The van der Waals surface area contributed by atoms with E-state index in [1.54, 1.807) is 0 Å². The van der Waals surface area contributed by atoms with E-state index < -0.39 is 0 Å². The Morgan fingerprint density at radius 2 is 1.88 bits per heavy atom. The van der Waals surface area contributed by atoms with Crippen molar-refractivity contribution in [2.24, 2.45) is 0 Å². The SMILES string of the molecule is CC(C)N(C)CCCOc1ccc(N)cc1. The van der Waals surface area contributed by atoms with Crippen molar-refractivity contribution >= 4 is 5.69 Å². The molecule has 0 spiro atoms. The third-order valence-corrected chi connectivity index (χ3v) is 2.69. The predicted molar refractivity (Wildman–Crippen MR) is 68.7 cm³/mol. The van der Waals surface area contributed by atoms with Crippen LogP contribution in [0.25, 0.3) is 0 Å². The maximum atomic E-state index is 5.61. The van der Waals surface area contributed by atoms with Crippen LogP contribution in [0.15, 0.2) is 24.3 Å². The average molecular weight is 222 g/mol. The van der Waals surface area contributed by atoms with Crippen molar-refractivity contribution in [3.8, 4) is 5.75 Å². The van der Waals surface area contributed by atoms with E-state index >= 15 is 0 Å². The molecule has 0 aliphatic carbocycles. The van der Waals surface area contributed by atoms with Gasteiger partial charge in [-0.3, -0.25) is 0 Å². The van der Waals surface area contributed by atoms with Crippen LogP contribution in [0.3, 0.4) is 0 Å². The summed E-state index contributed by atoms with van der Waals surface area (Å²) in [5.41, 5.74) is 6.36. The number of benzene rings is 1. The molecule has 1 aromatic rings. The van der Waals surface area contributed by atoms with Crippen LogP contribution in [0.2, 0.25) is 0 Å². The maximum Gasteiger partial charge on any atom is 0.119 e. The van der Waals surface area contributed by atoms with E-state index in [1.807, 2.05) is 24.3 Å². The van der Waals surface area contributed by atoms with Gasteiger partial charge in [0.05, 0.1) is 6.61 Å². The van der Waals surface area contributed by atoms with E-state index in [9.17, 15) is 0 Å². The van der Waals surface area contributed by atoms with Crippen molar-refractivity contribution in [1.29, 1.82) is 0 Å². The lowest BCUT2D eigenvalue weighted by Gasteiger charge is -2.20. The van der Waals surface area contributed by atoms with Gasteiger partial charge >= 0.3 is 0 Å². The average Bonchev–Trinajstić information content (AvgIpc) is 2.26. The number of nitrogen functional groups attached to an aromatic ring is 1. The molecule has 0 fully saturated rings. The first-order chi connectivity index (χ1) is 7.59. The topological polar surface area (TPSA) is 38.5 Å². The smallest absolute Gasteiger partial charge is 0.119 e. The van der Waals surface area contributed by atoms with E-state index in [0.717, 1.165) is 31.0 Å². The molecule has 3 heteroatoms. The van der Waals surface area contributed by atoms with Gasteiger partial charge in [-0.25, -0.2) is 0 Å². The Balaban J connectivity index is 2.18. The fourth-order valence-electron chi connectivity index (χ4n) is 1.33. The molecule has 1 aromatic carbocycles. The van der Waals surface area contributed by atoms with Crippen molar-refractivity contribution in [1.82, 2.24) is 4.90 Å². The normalized spacial score (nSPS) is 11.1. The van der Waals surface area contributed by atoms with Gasteiger partial charge in [0.1, 0.15) is 5.75 Å². The van der Waals surface area contributed by atoms with Gasteiger partial charge in [0.2, 0.25) is 0 Å². The van der Waals surface area contributed by atoms with Gasteiger partial charge in [0.25, 0.3) is 0 Å². The Labute approximate surface area is 98.2 Å². The second kappa shape index (κ2) is 6.38. The largest absolute Gasteiger partial charge is 0.494 e. The first kappa shape index (κ1) is 12.8. The Hall–Kier alpha value is -1.22. The molecule has 0 unspecified atom stereocenters. The highest BCUT2D eigenvalue weighted by molar-refractivity contribution is 5.41. The summed E-state index contributed by atoms with van der Waals surface area (Å²) in [6, 6.07) is 8.12. The summed E-state index contributed by atoms with van der Waals surface area (Å²) in [5, 5.41) is 0. The summed E-state index contributed by atoms with van der Waals surface area (Å²) >= 11 is 0. The van der Waals surface area contributed by atoms with Crippen LogP contribution in [-0.2, 0) is 0 Å². The molecule has 90 valence electrons. The summed E-state index contributed by atoms with van der Waals surface area (Å²) in [7, 11) is 2.13. The fourth-order valence-corrected chi connectivity index (χ4v) is 1.33. The molecule has 3 nitrogen and oxygen atoms in total. The first-order valence-corrected chi connectivity index (χ1v) is 5.78. The molecule has 16 heavy (non-hydrogen) atoms. The van der Waals surface area contributed by atoms with E-state index in [-0.39, 0.29) is 0 Å². The van der Waals surface area contributed by atoms with Crippen LogP contribution >= 0.6 is 0 Å². The molecular weight excluding hydrogens is 200 g/mol.